The van der Waals surface area contributed by atoms with E-state index in [2.05, 4.69) is 0 Å². The lowest BCUT2D eigenvalue weighted by molar-refractivity contribution is -0.138. The second kappa shape index (κ2) is 6.18. The van der Waals surface area contributed by atoms with Crippen LogP contribution in [0.5, 0.6) is 0 Å². The summed E-state index contributed by atoms with van der Waals surface area (Å²) in [6.45, 7) is 5.72. The minimum absolute atomic E-state index is 0.260. The first kappa shape index (κ1) is 13.4. The van der Waals surface area contributed by atoms with Gasteiger partial charge in [0.1, 0.15) is 5.82 Å². The molecule has 0 unspecified atom stereocenters. The molecular formula is C14H17FO2. The van der Waals surface area contributed by atoms with Gasteiger partial charge in [-0.25, -0.2) is 9.18 Å². The maximum Gasteiger partial charge on any atom is 0.333 e. The molecule has 0 bridgehead atoms. The lowest BCUT2D eigenvalue weighted by Crippen LogP contribution is -2.08. The number of ether oxygens (including phenoxy) is 1. The van der Waals surface area contributed by atoms with Crippen molar-refractivity contribution in [2.75, 3.05) is 6.61 Å². The molecule has 17 heavy (non-hydrogen) atoms. The molecule has 0 aliphatic rings. The fraction of sp³-hybridized carbons (Fsp3) is 0.357. The first-order valence-electron chi connectivity index (χ1n) is 5.62. The zero-order chi connectivity index (χ0) is 12.8. The molecule has 0 saturated carbocycles. The molecule has 0 radical (unpaired) electrons. The van der Waals surface area contributed by atoms with Crippen molar-refractivity contribution in [3.05, 3.63) is 46.8 Å². The summed E-state index contributed by atoms with van der Waals surface area (Å²) in [6.07, 6.45) is 0.558. The van der Waals surface area contributed by atoms with Gasteiger partial charge in [-0.2, -0.15) is 0 Å². The van der Waals surface area contributed by atoms with Gasteiger partial charge in [0.05, 0.1) is 6.61 Å². The molecule has 1 aromatic rings. The van der Waals surface area contributed by atoms with Crippen molar-refractivity contribution in [2.45, 2.75) is 27.2 Å². The molecule has 0 fully saturated rings. The predicted octanol–water partition coefficient (Wildman–Crippen LogP) is 3.27. The van der Waals surface area contributed by atoms with E-state index >= 15 is 0 Å². The summed E-state index contributed by atoms with van der Waals surface area (Å²) < 4.78 is 17.9. The van der Waals surface area contributed by atoms with Gasteiger partial charge in [-0.3, -0.25) is 0 Å². The summed E-state index contributed by atoms with van der Waals surface area (Å²) in [5, 5.41) is 0. The van der Waals surface area contributed by atoms with Crippen LogP contribution < -0.4 is 0 Å². The van der Waals surface area contributed by atoms with Gasteiger partial charge in [0, 0.05) is 5.57 Å². The van der Waals surface area contributed by atoms with Gasteiger partial charge in [0.2, 0.25) is 0 Å². The van der Waals surface area contributed by atoms with E-state index in [9.17, 15) is 9.18 Å². The van der Waals surface area contributed by atoms with E-state index in [1.165, 1.54) is 12.1 Å². The maximum atomic E-state index is 13.0. The first-order chi connectivity index (χ1) is 8.04. The number of benzene rings is 1. The minimum Gasteiger partial charge on any atom is -0.463 e. The first-order valence-corrected chi connectivity index (χ1v) is 5.62. The van der Waals surface area contributed by atoms with Crippen molar-refractivity contribution in [3.63, 3.8) is 0 Å². The van der Waals surface area contributed by atoms with E-state index in [1.807, 2.05) is 13.0 Å². The lowest BCUT2D eigenvalue weighted by Gasteiger charge is -2.07. The highest BCUT2D eigenvalue weighted by Crippen LogP contribution is 2.13. The number of carbonyl (C=O) groups excluding carboxylic acids is 1. The number of allylic oxidation sites excluding steroid dienone is 1. The average Bonchev–Trinajstić information content (AvgIpc) is 2.28. The molecule has 0 aliphatic carbocycles. The van der Waals surface area contributed by atoms with Gasteiger partial charge in [-0.1, -0.05) is 17.7 Å². The summed E-state index contributed by atoms with van der Waals surface area (Å²) in [4.78, 5) is 11.5. The Balaban J connectivity index is 2.80. The Morgan fingerprint density at radius 3 is 2.65 bits per heavy atom. The number of hydrogen-bond donors (Lipinski definition) is 0. The molecule has 0 N–H and O–H groups in total. The van der Waals surface area contributed by atoms with Crippen LogP contribution in [0.4, 0.5) is 4.39 Å². The second-order valence-corrected chi connectivity index (χ2v) is 3.93. The normalized spacial score (nSPS) is 12.0. The molecule has 1 rings (SSSR count). The molecule has 0 aromatic heterocycles. The molecule has 2 nitrogen and oxygen atoms in total. The number of esters is 1. The molecule has 0 atom stereocenters. The van der Waals surface area contributed by atoms with E-state index in [1.54, 1.807) is 19.9 Å². The Bertz CT molecular complexity index is 436. The maximum absolute atomic E-state index is 13.0. The van der Waals surface area contributed by atoms with Crippen LogP contribution in [-0.2, 0) is 16.0 Å². The smallest absolute Gasteiger partial charge is 0.333 e. The van der Waals surface area contributed by atoms with E-state index in [4.69, 9.17) is 4.74 Å². The standard InChI is InChI=1S/C14H17FO2/c1-4-17-14(16)11(3)10(2)8-12-6-5-7-13(15)9-12/h5-7,9H,4,8H2,1-3H3/b11-10-. The largest absolute Gasteiger partial charge is 0.463 e. The van der Waals surface area contributed by atoms with Crippen LogP contribution in [0, 0.1) is 5.82 Å². The lowest BCUT2D eigenvalue weighted by atomic mass is 10.0. The van der Waals surface area contributed by atoms with Crippen LogP contribution in [0.2, 0.25) is 0 Å². The van der Waals surface area contributed by atoms with Gasteiger partial charge in [-0.05, 0) is 44.9 Å². The molecule has 0 saturated heterocycles. The number of halogens is 1. The fourth-order valence-corrected chi connectivity index (χ4v) is 1.50. The van der Waals surface area contributed by atoms with Crippen LogP contribution in [0.3, 0.4) is 0 Å². The molecule has 3 heteroatoms. The SMILES string of the molecule is CCOC(=O)/C(C)=C(/C)Cc1cccc(F)c1. The Hall–Kier alpha value is -1.64. The summed E-state index contributed by atoms with van der Waals surface area (Å²) in [7, 11) is 0. The minimum atomic E-state index is -0.304. The molecule has 1 aromatic carbocycles. The van der Waals surface area contributed by atoms with Crippen molar-refractivity contribution in [1.29, 1.82) is 0 Å². The summed E-state index contributed by atoms with van der Waals surface area (Å²) in [5.41, 5.74) is 2.34. The highest BCUT2D eigenvalue weighted by Gasteiger charge is 2.09. The molecule has 92 valence electrons. The fourth-order valence-electron chi connectivity index (χ4n) is 1.50. The van der Waals surface area contributed by atoms with E-state index in [0.717, 1.165) is 11.1 Å². The molecule has 0 spiro atoms. The van der Waals surface area contributed by atoms with Gasteiger partial charge >= 0.3 is 5.97 Å². The Morgan fingerprint density at radius 2 is 2.06 bits per heavy atom. The van der Waals surface area contributed by atoms with Crippen LogP contribution in [0.15, 0.2) is 35.4 Å². The highest BCUT2D eigenvalue weighted by atomic mass is 19.1. The van der Waals surface area contributed by atoms with Crippen LogP contribution in [0.1, 0.15) is 26.3 Å². The van der Waals surface area contributed by atoms with Crippen LogP contribution >= 0.6 is 0 Å². The van der Waals surface area contributed by atoms with Gasteiger partial charge in [0.15, 0.2) is 0 Å². The van der Waals surface area contributed by atoms with E-state index in [0.29, 0.717) is 18.6 Å². The quantitative estimate of drug-likeness (QED) is 0.592. The van der Waals surface area contributed by atoms with E-state index in [-0.39, 0.29) is 11.8 Å². The Labute approximate surface area is 101 Å². The average molecular weight is 236 g/mol. The third-order valence-electron chi connectivity index (χ3n) is 2.58. The highest BCUT2D eigenvalue weighted by molar-refractivity contribution is 5.88. The summed E-state index contributed by atoms with van der Waals surface area (Å²) in [6, 6.07) is 6.38. The number of carbonyl (C=O) groups is 1. The topological polar surface area (TPSA) is 26.3 Å². The van der Waals surface area contributed by atoms with Crippen molar-refractivity contribution in [2.24, 2.45) is 0 Å². The van der Waals surface area contributed by atoms with Crippen molar-refractivity contribution >= 4 is 5.97 Å². The Kier molecular flexibility index (Phi) is 4.88. The number of hydrogen-bond acceptors (Lipinski definition) is 2. The summed E-state index contributed by atoms with van der Waals surface area (Å²) >= 11 is 0. The zero-order valence-corrected chi connectivity index (χ0v) is 10.4. The van der Waals surface area contributed by atoms with Crippen molar-refractivity contribution in [1.82, 2.24) is 0 Å². The second-order valence-electron chi connectivity index (χ2n) is 3.93. The monoisotopic (exact) mass is 236 g/mol. The molecule has 0 amide bonds. The van der Waals surface area contributed by atoms with Crippen LogP contribution in [-0.4, -0.2) is 12.6 Å². The molecular weight excluding hydrogens is 219 g/mol. The third kappa shape index (κ3) is 4.02. The zero-order valence-electron chi connectivity index (χ0n) is 10.4. The van der Waals surface area contributed by atoms with Crippen molar-refractivity contribution < 1.29 is 13.9 Å². The van der Waals surface area contributed by atoms with Crippen LogP contribution in [0.25, 0.3) is 0 Å². The van der Waals surface area contributed by atoms with Crippen molar-refractivity contribution in [3.8, 4) is 0 Å². The Morgan fingerprint density at radius 1 is 1.35 bits per heavy atom. The molecule has 0 aliphatic heterocycles. The summed E-state index contributed by atoms with van der Waals surface area (Å²) in [5.74, 6) is -0.564. The number of rotatable bonds is 4. The van der Waals surface area contributed by atoms with E-state index < -0.39 is 0 Å². The molecule has 0 heterocycles. The third-order valence-corrected chi connectivity index (χ3v) is 2.58. The predicted molar refractivity (Wildman–Crippen MR) is 65.1 cm³/mol. The van der Waals surface area contributed by atoms with Gasteiger partial charge < -0.3 is 4.74 Å². The van der Waals surface area contributed by atoms with Gasteiger partial charge in [0.25, 0.3) is 0 Å². The van der Waals surface area contributed by atoms with Gasteiger partial charge in [-0.15, -0.1) is 0 Å².